The predicted octanol–water partition coefficient (Wildman–Crippen LogP) is 2.43. The minimum Gasteiger partial charge on any atom is -0.368 e. The Kier molecular flexibility index (Phi) is 1.46. The highest BCUT2D eigenvalue weighted by molar-refractivity contribution is 7.25. The molecule has 0 spiro atoms. The van der Waals surface area contributed by atoms with E-state index in [2.05, 4.69) is 22.1 Å². The van der Waals surface area contributed by atoms with Crippen LogP contribution in [0.5, 0.6) is 0 Å². The van der Waals surface area contributed by atoms with Crippen LogP contribution in [0.1, 0.15) is 0 Å². The molecule has 0 bridgehead atoms. The maximum absolute atomic E-state index is 5.56. The third-order valence-electron chi connectivity index (χ3n) is 2.14. The normalized spacial score (nSPS) is 11.1. The summed E-state index contributed by atoms with van der Waals surface area (Å²) in [5.74, 6) is 0.334. The fourth-order valence-corrected chi connectivity index (χ4v) is 2.54. The van der Waals surface area contributed by atoms with Crippen LogP contribution in [0.3, 0.4) is 0 Å². The average Bonchev–Trinajstić information content (AvgIpc) is 2.56. The van der Waals surface area contributed by atoms with Gasteiger partial charge in [-0.25, -0.2) is 9.97 Å². The number of nitrogens with zero attached hydrogens (tertiary/aromatic N) is 2. The van der Waals surface area contributed by atoms with Gasteiger partial charge >= 0.3 is 0 Å². The van der Waals surface area contributed by atoms with Crippen LogP contribution in [0.25, 0.3) is 20.3 Å². The first-order chi connectivity index (χ1) is 6.84. The molecule has 0 radical (unpaired) electrons. The van der Waals surface area contributed by atoms with Gasteiger partial charge in [-0.3, -0.25) is 0 Å². The Labute approximate surface area is 84.2 Å². The van der Waals surface area contributed by atoms with Crippen LogP contribution >= 0.6 is 11.3 Å². The van der Waals surface area contributed by atoms with Crippen molar-refractivity contribution < 1.29 is 0 Å². The van der Waals surface area contributed by atoms with Gasteiger partial charge in [0.1, 0.15) is 0 Å². The van der Waals surface area contributed by atoms with Gasteiger partial charge in [0.2, 0.25) is 5.95 Å². The number of hydrogen-bond donors (Lipinski definition) is 1. The van der Waals surface area contributed by atoms with Crippen LogP contribution in [0.2, 0.25) is 0 Å². The average molecular weight is 201 g/mol. The molecule has 1 aromatic carbocycles. The number of thiophene rings is 1. The minimum atomic E-state index is 0.334. The topological polar surface area (TPSA) is 51.8 Å². The number of rotatable bonds is 0. The van der Waals surface area contributed by atoms with Gasteiger partial charge in [0.15, 0.2) is 0 Å². The second kappa shape index (κ2) is 2.65. The summed E-state index contributed by atoms with van der Waals surface area (Å²) in [7, 11) is 0. The van der Waals surface area contributed by atoms with E-state index in [1.165, 1.54) is 4.70 Å². The van der Waals surface area contributed by atoms with Gasteiger partial charge in [0, 0.05) is 10.1 Å². The van der Waals surface area contributed by atoms with E-state index >= 15 is 0 Å². The number of hydrogen-bond acceptors (Lipinski definition) is 4. The molecule has 14 heavy (non-hydrogen) atoms. The smallest absolute Gasteiger partial charge is 0.220 e. The van der Waals surface area contributed by atoms with Gasteiger partial charge in [0.05, 0.1) is 16.4 Å². The largest absolute Gasteiger partial charge is 0.368 e. The monoisotopic (exact) mass is 201 g/mol. The molecular formula is C10H7N3S. The van der Waals surface area contributed by atoms with Gasteiger partial charge in [-0.15, -0.1) is 11.3 Å². The molecule has 4 heteroatoms. The molecule has 0 aliphatic heterocycles. The third kappa shape index (κ3) is 0.975. The SMILES string of the molecule is Nc1ncc2sc3ccccc3c2n1. The zero-order valence-electron chi connectivity index (χ0n) is 7.27. The zero-order valence-corrected chi connectivity index (χ0v) is 8.08. The molecule has 0 amide bonds. The van der Waals surface area contributed by atoms with Gasteiger partial charge in [0.25, 0.3) is 0 Å². The van der Waals surface area contributed by atoms with Crippen molar-refractivity contribution in [2.45, 2.75) is 0 Å². The second-order valence-corrected chi connectivity index (χ2v) is 4.12. The van der Waals surface area contributed by atoms with E-state index < -0.39 is 0 Å². The molecule has 0 atom stereocenters. The van der Waals surface area contributed by atoms with E-state index in [1.807, 2.05) is 12.1 Å². The second-order valence-electron chi connectivity index (χ2n) is 3.04. The fourth-order valence-electron chi connectivity index (χ4n) is 1.52. The summed E-state index contributed by atoms with van der Waals surface area (Å²) in [6.45, 7) is 0. The van der Waals surface area contributed by atoms with Crippen molar-refractivity contribution in [3.8, 4) is 0 Å². The molecule has 2 N–H and O–H groups in total. The quantitative estimate of drug-likeness (QED) is 0.607. The lowest BCUT2D eigenvalue weighted by molar-refractivity contribution is 1.25. The summed E-state index contributed by atoms with van der Waals surface area (Å²) in [4.78, 5) is 8.22. The van der Waals surface area contributed by atoms with Crippen molar-refractivity contribution in [2.24, 2.45) is 0 Å². The van der Waals surface area contributed by atoms with Crippen LogP contribution in [-0.2, 0) is 0 Å². The van der Waals surface area contributed by atoms with Gasteiger partial charge in [-0.1, -0.05) is 18.2 Å². The molecule has 0 aliphatic carbocycles. The molecule has 3 aromatic rings. The van der Waals surface area contributed by atoms with Gasteiger partial charge in [-0.2, -0.15) is 0 Å². The Hall–Kier alpha value is -1.68. The number of benzene rings is 1. The maximum atomic E-state index is 5.56. The molecule has 0 saturated carbocycles. The number of aromatic nitrogens is 2. The van der Waals surface area contributed by atoms with Crippen molar-refractivity contribution in [3.05, 3.63) is 30.5 Å². The Morgan fingerprint density at radius 2 is 2.00 bits per heavy atom. The first kappa shape index (κ1) is 7.70. The lowest BCUT2D eigenvalue weighted by atomic mass is 10.2. The molecule has 3 rings (SSSR count). The Balaban J connectivity index is 2.58. The fraction of sp³-hybridized carbons (Fsp3) is 0. The summed E-state index contributed by atoms with van der Waals surface area (Å²) in [6.07, 6.45) is 1.78. The summed E-state index contributed by atoms with van der Waals surface area (Å²) in [5.41, 5.74) is 6.51. The summed E-state index contributed by atoms with van der Waals surface area (Å²) >= 11 is 1.69. The highest BCUT2D eigenvalue weighted by Crippen LogP contribution is 2.31. The number of nitrogen functional groups attached to an aromatic ring is 1. The van der Waals surface area contributed by atoms with Gasteiger partial charge in [-0.05, 0) is 6.07 Å². The molecule has 68 valence electrons. The lowest BCUT2D eigenvalue weighted by Crippen LogP contribution is -1.92. The predicted molar refractivity (Wildman–Crippen MR) is 59.3 cm³/mol. The number of anilines is 1. The van der Waals surface area contributed by atoms with Crippen molar-refractivity contribution in [2.75, 3.05) is 5.73 Å². The highest BCUT2D eigenvalue weighted by Gasteiger charge is 2.05. The summed E-state index contributed by atoms with van der Waals surface area (Å²) < 4.78 is 2.31. The molecule has 0 unspecified atom stereocenters. The molecule has 3 nitrogen and oxygen atoms in total. The van der Waals surface area contributed by atoms with E-state index in [0.29, 0.717) is 5.95 Å². The van der Waals surface area contributed by atoms with E-state index in [0.717, 1.165) is 15.6 Å². The lowest BCUT2D eigenvalue weighted by Gasteiger charge is -1.91. The first-order valence-corrected chi connectivity index (χ1v) is 5.06. The third-order valence-corrected chi connectivity index (χ3v) is 3.23. The highest BCUT2D eigenvalue weighted by atomic mass is 32.1. The summed E-state index contributed by atoms with van der Waals surface area (Å²) in [6, 6.07) is 8.17. The molecular weight excluding hydrogens is 194 g/mol. The maximum Gasteiger partial charge on any atom is 0.220 e. The van der Waals surface area contributed by atoms with E-state index in [-0.39, 0.29) is 0 Å². The van der Waals surface area contributed by atoms with Crippen LogP contribution in [-0.4, -0.2) is 9.97 Å². The Morgan fingerprint density at radius 1 is 1.14 bits per heavy atom. The zero-order chi connectivity index (χ0) is 9.54. The number of fused-ring (bicyclic) bond motifs is 3. The van der Waals surface area contributed by atoms with Crippen LogP contribution in [0, 0.1) is 0 Å². The molecule has 0 fully saturated rings. The van der Waals surface area contributed by atoms with Crippen molar-refractivity contribution in [1.82, 2.24) is 9.97 Å². The van der Waals surface area contributed by atoms with E-state index in [4.69, 9.17) is 5.73 Å². The van der Waals surface area contributed by atoms with Crippen molar-refractivity contribution in [1.29, 1.82) is 0 Å². The van der Waals surface area contributed by atoms with E-state index in [9.17, 15) is 0 Å². The Bertz CT molecular complexity index is 615. The van der Waals surface area contributed by atoms with Crippen LogP contribution in [0.4, 0.5) is 5.95 Å². The number of nitrogens with two attached hydrogens (primary N) is 1. The minimum absolute atomic E-state index is 0.334. The Morgan fingerprint density at radius 3 is 2.93 bits per heavy atom. The molecule has 0 saturated heterocycles. The van der Waals surface area contributed by atoms with Crippen molar-refractivity contribution >= 4 is 37.6 Å². The van der Waals surface area contributed by atoms with Crippen LogP contribution < -0.4 is 5.73 Å². The summed E-state index contributed by atoms with van der Waals surface area (Å²) in [5, 5.41) is 1.15. The molecule has 0 aliphatic rings. The van der Waals surface area contributed by atoms with Crippen LogP contribution in [0.15, 0.2) is 30.5 Å². The van der Waals surface area contributed by atoms with E-state index in [1.54, 1.807) is 17.5 Å². The molecule has 2 heterocycles. The van der Waals surface area contributed by atoms with Gasteiger partial charge < -0.3 is 5.73 Å². The van der Waals surface area contributed by atoms with Crippen molar-refractivity contribution in [3.63, 3.8) is 0 Å². The first-order valence-electron chi connectivity index (χ1n) is 4.24. The standard InChI is InChI=1S/C10H7N3S/c11-10-12-5-8-9(13-10)6-3-1-2-4-7(6)14-8/h1-5H,(H2,11,12,13). The molecule has 2 aromatic heterocycles.